The van der Waals surface area contributed by atoms with Gasteiger partial charge in [-0.05, 0) is 37.3 Å². The normalized spacial score (nSPS) is 11.7. The summed E-state index contributed by atoms with van der Waals surface area (Å²) in [5.41, 5.74) is -1.24. The molecule has 0 aliphatic carbocycles. The summed E-state index contributed by atoms with van der Waals surface area (Å²) in [5, 5.41) is 0. The predicted molar refractivity (Wildman–Crippen MR) is 63.5 cm³/mol. The van der Waals surface area contributed by atoms with Crippen LogP contribution >= 0.6 is 0 Å². The smallest absolute Gasteiger partial charge is 0.416 e. The van der Waals surface area contributed by atoms with Crippen LogP contribution < -0.4 is 0 Å². The molecule has 0 aliphatic rings. The highest BCUT2D eigenvalue weighted by molar-refractivity contribution is 5.77. The quantitative estimate of drug-likeness (QED) is 0.790. The van der Waals surface area contributed by atoms with Crippen LogP contribution in [0.5, 0.6) is 0 Å². The minimum Gasteiger partial charge on any atom is -0.461 e. The van der Waals surface area contributed by atoms with E-state index >= 15 is 0 Å². The largest absolute Gasteiger partial charge is 0.461 e. The summed E-state index contributed by atoms with van der Waals surface area (Å²) in [4.78, 5) is 10.9. The maximum atomic E-state index is 13.6. The molecule has 20 heavy (non-hydrogen) atoms. The summed E-state index contributed by atoms with van der Waals surface area (Å²) >= 11 is 0. The van der Waals surface area contributed by atoms with Gasteiger partial charge in [0.25, 0.3) is 0 Å². The molecule has 1 heterocycles. The van der Waals surface area contributed by atoms with Gasteiger partial charge in [-0.3, -0.25) is 4.79 Å². The molecule has 0 bridgehead atoms. The van der Waals surface area contributed by atoms with Crippen LogP contribution in [0.1, 0.15) is 18.2 Å². The van der Waals surface area contributed by atoms with Crippen molar-refractivity contribution in [2.45, 2.75) is 19.5 Å². The number of alkyl halides is 3. The Morgan fingerprint density at radius 2 is 1.90 bits per heavy atom. The molecular formula is C14H10F4O2. The molecule has 0 radical (unpaired) electrons. The second-order valence-electron chi connectivity index (χ2n) is 4.34. The Morgan fingerprint density at radius 3 is 2.50 bits per heavy atom. The molecule has 0 fully saturated rings. The standard InChI is InChI=1S/C14H10F4O2/c1-8(19)6-10-3-5-13(20-10)11-7-9(14(16,17)18)2-4-12(11)15/h2-5,7H,6H2,1H3. The molecule has 2 aromatic rings. The fraction of sp³-hybridized carbons (Fsp3) is 0.214. The number of Topliss-reactive ketones (excluding diaryl/α,β-unsaturated/α-hetero) is 1. The number of halogens is 4. The topological polar surface area (TPSA) is 30.2 Å². The zero-order valence-electron chi connectivity index (χ0n) is 10.4. The van der Waals surface area contributed by atoms with E-state index in [1.54, 1.807) is 0 Å². The number of carbonyl (C=O) groups excluding carboxylic acids is 1. The first-order chi connectivity index (χ1) is 9.27. The molecule has 1 aromatic carbocycles. The van der Waals surface area contributed by atoms with Crippen molar-refractivity contribution in [3.8, 4) is 11.3 Å². The van der Waals surface area contributed by atoms with Crippen molar-refractivity contribution in [3.63, 3.8) is 0 Å². The molecule has 0 amide bonds. The Bertz CT molecular complexity index is 641. The number of hydrogen-bond acceptors (Lipinski definition) is 2. The van der Waals surface area contributed by atoms with Gasteiger partial charge in [0.05, 0.1) is 17.5 Å². The number of benzene rings is 1. The molecule has 106 valence electrons. The van der Waals surface area contributed by atoms with Crippen LogP contribution in [0.2, 0.25) is 0 Å². The molecule has 0 spiro atoms. The van der Waals surface area contributed by atoms with E-state index in [4.69, 9.17) is 4.42 Å². The van der Waals surface area contributed by atoms with Crippen molar-refractivity contribution < 1.29 is 26.8 Å². The van der Waals surface area contributed by atoms with Crippen LogP contribution in [0, 0.1) is 5.82 Å². The van der Waals surface area contributed by atoms with E-state index < -0.39 is 17.6 Å². The summed E-state index contributed by atoms with van der Waals surface area (Å²) in [6.45, 7) is 1.35. The van der Waals surface area contributed by atoms with Crippen molar-refractivity contribution in [1.82, 2.24) is 0 Å². The molecule has 0 saturated carbocycles. The average Bonchev–Trinajstić information content (AvgIpc) is 2.75. The average molecular weight is 286 g/mol. The van der Waals surface area contributed by atoms with E-state index in [1.807, 2.05) is 0 Å². The number of furan rings is 1. The fourth-order valence-electron chi connectivity index (χ4n) is 1.75. The lowest BCUT2D eigenvalue weighted by molar-refractivity contribution is -0.137. The minimum atomic E-state index is -4.56. The first kappa shape index (κ1) is 14.3. The van der Waals surface area contributed by atoms with E-state index in [0.29, 0.717) is 12.1 Å². The summed E-state index contributed by atoms with van der Waals surface area (Å²) in [5.74, 6) is -0.730. The molecule has 6 heteroatoms. The summed E-state index contributed by atoms with van der Waals surface area (Å²) in [7, 11) is 0. The third-order valence-electron chi connectivity index (χ3n) is 2.64. The summed E-state index contributed by atoms with van der Waals surface area (Å²) < 4.78 is 56.6. The first-order valence-corrected chi connectivity index (χ1v) is 5.72. The third-order valence-corrected chi connectivity index (χ3v) is 2.64. The van der Waals surface area contributed by atoms with Gasteiger partial charge in [0.15, 0.2) is 0 Å². The number of hydrogen-bond donors (Lipinski definition) is 0. The molecule has 2 nitrogen and oxygen atoms in total. The molecule has 0 aliphatic heterocycles. The van der Waals surface area contributed by atoms with Crippen LogP contribution in [-0.2, 0) is 17.4 Å². The Labute approximate surface area is 112 Å². The highest BCUT2D eigenvalue weighted by Crippen LogP contribution is 2.34. The second kappa shape index (κ2) is 5.11. The highest BCUT2D eigenvalue weighted by Gasteiger charge is 2.31. The van der Waals surface area contributed by atoms with Gasteiger partial charge in [0.2, 0.25) is 0 Å². The van der Waals surface area contributed by atoms with E-state index in [9.17, 15) is 22.4 Å². The molecule has 2 rings (SSSR count). The zero-order valence-corrected chi connectivity index (χ0v) is 10.4. The third kappa shape index (κ3) is 3.07. The fourth-order valence-corrected chi connectivity index (χ4v) is 1.75. The summed E-state index contributed by atoms with van der Waals surface area (Å²) in [6, 6.07) is 4.88. The van der Waals surface area contributed by atoms with Crippen molar-refractivity contribution in [2.75, 3.05) is 0 Å². The van der Waals surface area contributed by atoms with E-state index in [0.717, 1.165) is 6.07 Å². The SMILES string of the molecule is CC(=O)Cc1ccc(-c2cc(C(F)(F)F)ccc2F)o1. The Hall–Kier alpha value is -2.11. The molecule has 0 N–H and O–H groups in total. The van der Waals surface area contributed by atoms with Crippen LogP contribution in [0.3, 0.4) is 0 Å². The molecule has 1 aromatic heterocycles. The van der Waals surface area contributed by atoms with Crippen molar-refractivity contribution in [2.24, 2.45) is 0 Å². The van der Waals surface area contributed by atoms with Crippen LogP contribution in [0.15, 0.2) is 34.7 Å². The lowest BCUT2D eigenvalue weighted by Gasteiger charge is -2.08. The van der Waals surface area contributed by atoms with Crippen LogP contribution in [0.25, 0.3) is 11.3 Å². The van der Waals surface area contributed by atoms with Crippen molar-refractivity contribution >= 4 is 5.78 Å². The monoisotopic (exact) mass is 286 g/mol. The van der Waals surface area contributed by atoms with Gasteiger partial charge in [-0.25, -0.2) is 4.39 Å². The minimum absolute atomic E-state index is 0.0145. The zero-order chi connectivity index (χ0) is 14.9. The maximum absolute atomic E-state index is 13.6. The predicted octanol–water partition coefficient (Wildman–Crippen LogP) is 4.24. The number of carbonyl (C=O) groups is 1. The highest BCUT2D eigenvalue weighted by atomic mass is 19.4. The van der Waals surface area contributed by atoms with Crippen LogP contribution in [0.4, 0.5) is 17.6 Å². The Balaban J connectivity index is 2.41. The van der Waals surface area contributed by atoms with Crippen molar-refractivity contribution in [3.05, 3.63) is 47.5 Å². The maximum Gasteiger partial charge on any atom is 0.416 e. The van der Waals surface area contributed by atoms with Gasteiger partial charge in [-0.15, -0.1) is 0 Å². The molecule has 0 saturated heterocycles. The second-order valence-corrected chi connectivity index (χ2v) is 4.34. The Kier molecular flexibility index (Phi) is 3.65. The van der Waals surface area contributed by atoms with Gasteiger partial charge < -0.3 is 4.42 Å². The van der Waals surface area contributed by atoms with E-state index in [1.165, 1.54) is 19.1 Å². The van der Waals surface area contributed by atoms with E-state index in [2.05, 4.69) is 0 Å². The van der Waals surface area contributed by atoms with Gasteiger partial charge in [-0.1, -0.05) is 0 Å². The van der Waals surface area contributed by atoms with Crippen LogP contribution in [-0.4, -0.2) is 5.78 Å². The molecule has 0 unspecified atom stereocenters. The summed E-state index contributed by atoms with van der Waals surface area (Å²) in [6.07, 6.45) is -4.54. The number of rotatable bonds is 3. The Morgan fingerprint density at radius 1 is 1.20 bits per heavy atom. The van der Waals surface area contributed by atoms with Gasteiger partial charge in [0, 0.05) is 0 Å². The lowest BCUT2D eigenvalue weighted by Crippen LogP contribution is -2.05. The molecule has 0 atom stereocenters. The first-order valence-electron chi connectivity index (χ1n) is 5.72. The van der Waals surface area contributed by atoms with Gasteiger partial charge in [0.1, 0.15) is 23.1 Å². The van der Waals surface area contributed by atoms with Crippen molar-refractivity contribution in [1.29, 1.82) is 0 Å². The van der Waals surface area contributed by atoms with Gasteiger partial charge in [-0.2, -0.15) is 13.2 Å². The molecular weight excluding hydrogens is 276 g/mol. The lowest BCUT2D eigenvalue weighted by atomic mass is 10.1. The van der Waals surface area contributed by atoms with E-state index in [-0.39, 0.29) is 29.3 Å². The number of ketones is 1. The van der Waals surface area contributed by atoms with Gasteiger partial charge >= 0.3 is 6.18 Å².